The van der Waals surface area contributed by atoms with Crippen LogP contribution in [-0.4, -0.2) is 19.7 Å². The van der Waals surface area contributed by atoms with Gasteiger partial charge in [-0.1, -0.05) is 6.92 Å². The quantitative estimate of drug-likeness (QED) is 0.823. The summed E-state index contributed by atoms with van der Waals surface area (Å²) in [6, 6.07) is 1.80. The summed E-state index contributed by atoms with van der Waals surface area (Å²) in [5.41, 5.74) is 8.67. The lowest BCUT2D eigenvalue weighted by molar-refractivity contribution is 0.740. The van der Waals surface area contributed by atoms with E-state index in [4.69, 9.17) is 5.73 Å². The zero-order chi connectivity index (χ0) is 11.7. The molecule has 5 heteroatoms. The maximum absolute atomic E-state index is 5.75. The van der Waals surface area contributed by atoms with Gasteiger partial charge in [0, 0.05) is 24.5 Å². The first kappa shape index (κ1) is 10.6. The Hall–Kier alpha value is -1.91. The van der Waals surface area contributed by atoms with Gasteiger partial charge >= 0.3 is 0 Å². The van der Waals surface area contributed by atoms with Gasteiger partial charge in [0.15, 0.2) is 5.82 Å². The van der Waals surface area contributed by atoms with Gasteiger partial charge in [-0.25, -0.2) is 9.97 Å². The summed E-state index contributed by atoms with van der Waals surface area (Å²) in [5.74, 6) is 1.16. The molecule has 2 heterocycles. The maximum atomic E-state index is 5.75. The van der Waals surface area contributed by atoms with Gasteiger partial charge in [-0.15, -0.1) is 0 Å². The van der Waals surface area contributed by atoms with Crippen LogP contribution in [0.4, 0.5) is 5.82 Å². The van der Waals surface area contributed by atoms with E-state index in [0.717, 1.165) is 23.4 Å². The minimum Gasteiger partial charge on any atom is -0.384 e. The lowest BCUT2D eigenvalue weighted by Crippen LogP contribution is -2.00. The Kier molecular flexibility index (Phi) is 2.60. The summed E-state index contributed by atoms with van der Waals surface area (Å²) in [4.78, 5) is 8.69. The maximum Gasteiger partial charge on any atom is 0.165 e. The SMILES string of the molecule is CCc1cc(N)nc(-c2cnn(C)c2C)n1. The summed E-state index contributed by atoms with van der Waals surface area (Å²) in [6.07, 6.45) is 2.61. The fraction of sp³-hybridized carbons (Fsp3) is 0.364. The van der Waals surface area contributed by atoms with Crippen LogP contribution < -0.4 is 5.73 Å². The molecule has 0 radical (unpaired) electrons. The summed E-state index contributed by atoms with van der Waals surface area (Å²) >= 11 is 0. The molecule has 0 bridgehead atoms. The summed E-state index contributed by atoms with van der Waals surface area (Å²) in [6.45, 7) is 4.03. The molecule has 0 saturated carbocycles. The van der Waals surface area contributed by atoms with E-state index in [1.165, 1.54) is 0 Å². The van der Waals surface area contributed by atoms with Crippen LogP contribution in [0.1, 0.15) is 18.3 Å². The highest BCUT2D eigenvalue weighted by atomic mass is 15.3. The van der Waals surface area contributed by atoms with Gasteiger partial charge in [0.1, 0.15) is 5.82 Å². The van der Waals surface area contributed by atoms with E-state index in [-0.39, 0.29) is 0 Å². The highest BCUT2D eigenvalue weighted by Crippen LogP contribution is 2.20. The van der Waals surface area contributed by atoms with Crippen LogP contribution in [0.2, 0.25) is 0 Å². The fourth-order valence-electron chi connectivity index (χ4n) is 1.54. The Morgan fingerprint density at radius 1 is 1.38 bits per heavy atom. The van der Waals surface area contributed by atoms with Crippen molar-refractivity contribution in [3.8, 4) is 11.4 Å². The topological polar surface area (TPSA) is 69.6 Å². The molecule has 5 nitrogen and oxygen atoms in total. The molecule has 0 aliphatic rings. The van der Waals surface area contributed by atoms with Crippen LogP contribution in [0, 0.1) is 6.92 Å². The predicted molar refractivity (Wildman–Crippen MR) is 62.8 cm³/mol. The van der Waals surface area contributed by atoms with E-state index in [0.29, 0.717) is 11.6 Å². The second-order valence-electron chi connectivity index (χ2n) is 3.73. The second-order valence-corrected chi connectivity index (χ2v) is 3.73. The third-order valence-corrected chi connectivity index (χ3v) is 2.64. The molecule has 2 N–H and O–H groups in total. The Balaban J connectivity index is 2.55. The number of nitrogens with zero attached hydrogens (tertiary/aromatic N) is 4. The van der Waals surface area contributed by atoms with Crippen LogP contribution in [0.15, 0.2) is 12.3 Å². The van der Waals surface area contributed by atoms with Crippen molar-refractivity contribution >= 4 is 5.82 Å². The van der Waals surface area contributed by atoms with Crippen molar-refractivity contribution in [2.24, 2.45) is 7.05 Å². The van der Waals surface area contributed by atoms with Gasteiger partial charge in [-0.05, 0) is 13.3 Å². The van der Waals surface area contributed by atoms with Crippen molar-refractivity contribution in [3.05, 3.63) is 23.7 Å². The lowest BCUT2D eigenvalue weighted by atomic mass is 10.2. The number of nitrogen functional groups attached to an aromatic ring is 1. The van der Waals surface area contributed by atoms with Crippen LogP contribution in [0.5, 0.6) is 0 Å². The summed E-state index contributed by atoms with van der Waals surface area (Å²) in [7, 11) is 1.89. The number of rotatable bonds is 2. The van der Waals surface area contributed by atoms with E-state index in [2.05, 4.69) is 15.1 Å². The van der Waals surface area contributed by atoms with E-state index in [1.807, 2.05) is 20.9 Å². The van der Waals surface area contributed by atoms with Crippen molar-refractivity contribution in [2.75, 3.05) is 5.73 Å². The molecule has 2 aromatic rings. The molecule has 0 amide bonds. The minimum atomic E-state index is 0.505. The zero-order valence-corrected chi connectivity index (χ0v) is 9.73. The van der Waals surface area contributed by atoms with E-state index < -0.39 is 0 Å². The Morgan fingerprint density at radius 3 is 2.69 bits per heavy atom. The molecule has 0 saturated heterocycles. The first-order chi connectivity index (χ1) is 7.61. The van der Waals surface area contributed by atoms with Crippen LogP contribution in [-0.2, 0) is 13.5 Å². The predicted octanol–water partition coefficient (Wildman–Crippen LogP) is 1.33. The van der Waals surface area contributed by atoms with Crippen molar-refractivity contribution in [2.45, 2.75) is 20.3 Å². The van der Waals surface area contributed by atoms with Crippen LogP contribution >= 0.6 is 0 Å². The Morgan fingerprint density at radius 2 is 2.12 bits per heavy atom. The average Bonchev–Trinajstić information content (AvgIpc) is 2.59. The van der Waals surface area contributed by atoms with E-state index >= 15 is 0 Å². The minimum absolute atomic E-state index is 0.505. The Bertz CT molecular complexity index is 515. The second kappa shape index (κ2) is 3.92. The van der Waals surface area contributed by atoms with Crippen LogP contribution in [0.25, 0.3) is 11.4 Å². The lowest BCUT2D eigenvalue weighted by Gasteiger charge is -2.03. The zero-order valence-electron chi connectivity index (χ0n) is 9.73. The molecule has 0 aromatic carbocycles. The van der Waals surface area contributed by atoms with Gasteiger partial charge in [0.25, 0.3) is 0 Å². The van der Waals surface area contributed by atoms with Crippen molar-refractivity contribution in [1.29, 1.82) is 0 Å². The summed E-state index contributed by atoms with van der Waals surface area (Å²) in [5, 5.41) is 4.17. The normalized spacial score (nSPS) is 10.7. The molecule has 0 atom stereocenters. The van der Waals surface area contributed by atoms with E-state index in [9.17, 15) is 0 Å². The van der Waals surface area contributed by atoms with Gasteiger partial charge in [0.2, 0.25) is 0 Å². The van der Waals surface area contributed by atoms with Gasteiger partial charge in [-0.3, -0.25) is 4.68 Å². The van der Waals surface area contributed by atoms with Gasteiger partial charge < -0.3 is 5.73 Å². The third-order valence-electron chi connectivity index (χ3n) is 2.64. The molecule has 0 aliphatic carbocycles. The largest absolute Gasteiger partial charge is 0.384 e. The molecule has 0 spiro atoms. The van der Waals surface area contributed by atoms with Gasteiger partial charge in [0.05, 0.1) is 11.8 Å². The monoisotopic (exact) mass is 217 g/mol. The number of anilines is 1. The van der Waals surface area contributed by atoms with Gasteiger partial charge in [-0.2, -0.15) is 5.10 Å². The highest BCUT2D eigenvalue weighted by molar-refractivity contribution is 5.58. The van der Waals surface area contributed by atoms with E-state index in [1.54, 1.807) is 16.9 Å². The highest BCUT2D eigenvalue weighted by Gasteiger charge is 2.10. The van der Waals surface area contributed by atoms with Crippen molar-refractivity contribution in [3.63, 3.8) is 0 Å². The molecule has 16 heavy (non-hydrogen) atoms. The number of aromatic nitrogens is 4. The molecular weight excluding hydrogens is 202 g/mol. The molecule has 2 rings (SSSR count). The number of hydrogen-bond donors (Lipinski definition) is 1. The van der Waals surface area contributed by atoms with Crippen molar-refractivity contribution in [1.82, 2.24) is 19.7 Å². The Labute approximate surface area is 94.3 Å². The standard InChI is InChI=1S/C11H15N5/c1-4-8-5-10(12)15-11(14-8)9-6-13-16(3)7(9)2/h5-6H,4H2,1-3H3,(H2,12,14,15). The summed E-state index contributed by atoms with van der Waals surface area (Å²) < 4.78 is 1.80. The molecule has 84 valence electrons. The molecule has 0 aliphatic heterocycles. The van der Waals surface area contributed by atoms with Crippen LogP contribution in [0.3, 0.4) is 0 Å². The first-order valence-electron chi connectivity index (χ1n) is 5.24. The molecule has 0 fully saturated rings. The molecular formula is C11H15N5. The van der Waals surface area contributed by atoms with Crippen molar-refractivity contribution < 1.29 is 0 Å². The third kappa shape index (κ3) is 1.76. The number of aryl methyl sites for hydroxylation is 2. The molecule has 0 unspecified atom stereocenters. The fourth-order valence-corrected chi connectivity index (χ4v) is 1.54. The number of nitrogens with two attached hydrogens (primary N) is 1. The average molecular weight is 217 g/mol. The molecule has 2 aromatic heterocycles. The first-order valence-corrected chi connectivity index (χ1v) is 5.24. The smallest absolute Gasteiger partial charge is 0.165 e. The number of hydrogen-bond acceptors (Lipinski definition) is 4.